The van der Waals surface area contributed by atoms with Gasteiger partial charge in [-0.3, -0.25) is 14.4 Å². The van der Waals surface area contributed by atoms with Crippen molar-refractivity contribution in [2.75, 3.05) is 34.4 Å². The fraction of sp³-hybridized carbons (Fsp3) is 0.345. The number of Topliss-reactive ketones (excluding diaryl/α,β-unsaturated/α-hetero) is 2. The Hall–Kier alpha value is -3.87. The van der Waals surface area contributed by atoms with Crippen LogP contribution in [0.5, 0.6) is 5.75 Å². The normalized spacial score (nSPS) is 16.4. The monoisotopic (exact) mass is 489 g/mol. The summed E-state index contributed by atoms with van der Waals surface area (Å²) in [5.74, 6) is -0.469. The van der Waals surface area contributed by atoms with E-state index in [-0.39, 0.29) is 28.6 Å². The summed E-state index contributed by atoms with van der Waals surface area (Å²) in [6, 6.07) is 11.1. The number of benzene rings is 2. The van der Waals surface area contributed by atoms with Gasteiger partial charge in [0, 0.05) is 29.8 Å². The molecule has 1 fully saturated rings. The van der Waals surface area contributed by atoms with Crippen molar-refractivity contribution in [3.05, 3.63) is 70.2 Å². The Morgan fingerprint density at radius 2 is 1.39 bits per heavy atom. The van der Waals surface area contributed by atoms with Crippen molar-refractivity contribution in [1.29, 1.82) is 0 Å². The van der Waals surface area contributed by atoms with E-state index in [9.17, 15) is 14.4 Å². The molecule has 2 aromatic rings. The van der Waals surface area contributed by atoms with E-state index in [0.29, 0.717) is 24.2 Å². The van der Waals surface area contributed by atoms with Gasteiger partial charge in [-0.05, 0) is 73.6 Å². The van der Waals surface area contributed by atoms with E-state index in [1.54, 1.807) is 20.1 Å². The van der Waals surface area contributed by atoms with Crippen molar-refractivity contribution in [1.82, 2.24) is 4.90 Å². The highest BCUT2D eigenvalue weighted by Crippen LogP contribution is 2.37. The summed E-state index contributed by atoms with van der Waals surface area (Å²) in [7, 11) is 4.28. The average Bonchev–Trinajstić information content (AvgIpc) is 2.90. The largest absolute Gasteiger partial charge is 0.497 e. The van der Waals surface area contributed by atoms with Crippen molar-refractivity contribution >= 4 is 23.0 Å². The first-order valence-electron chi connectivity index (χ1n) is 12.0. The zero-order valence-electron chi connectivity index (χ0n) is 21.4. The van der Waals surface area contributed by atoms with Gasteiger partial charge in [-0.15, -0.1) is 0 Å². The number of piperidine rings is 1. The number of amides is 1. The molecule has 36 heavy (non-hydrogen) atoms. The molecule has 1 amide bonds. The van der Waals surface area contributed by atoms with Crippen LogP contribution in [0.15, 0.2) is 53.5 Å². The molecule has 0 aromatic heterocycles. The zero-order valence-corrected chi connectivity index (χ0v) is 21.4. The van der Waals surface area contributed by atoms with Gasteiger partial charge < -0.3 is 19.1 Å². The molecule has 1 aliphatic heterocycles. The number of hydrogen-bond donors (Lipinski definition) is 0. The minimum absolute atomic E-state index is 0.0848. The number of methoxy groups -OCH3 is 3. The summed E-state index contributed by atoms with van der Waals surface area (Å²) in [6.07, 6.45) is 3.02. The summed E-state index contributed by atoms with van der Waals surface area (Å²) < 4.78 is 15.7. The molecule has 0 bridgehead atoms. The van der Waals surface area contributed by atoms with Gasteiger partial charge in [0.25, 0.3) is 5.91 Å². The molecule has 188 valence electrons. The topological polar surface area (TPSA) is 82.1 Å². The van der Waals surface area contributed by atoms with Crippen molar-refractivity contribution in [3.63, 3.8) is 0 Å². The molecule has 0 atom stereocenters. The highest BCUT2D eigenvalue weighted by Gasteiger charge is 2.36. The van der Waals surface area contributed by atoms with E-state index >= 15 is 0 Å². The summed E-state index contributed by atoms with van der Waals surface area (Å²) in [5, 5.41) is 0. The molecular weight excluding hydrogens is 458 g/mol. The van der Waals surface area contributed by atoms with Crippen LogP contribution in [0.2, 0.25) is 0 Å². The Bertz CT molecular complexity index is 1280. The van der Waals surface area contributed by atoms with E-state index in [1.165, 1.54) is 14.2 Å². The Kier molecular flexibility index (Phi) is 7.29. The van der Waals surface area contributed by atoms with Crippen LogP contribution >= 0.6 is 0 Å². The van der Waals surface area contributed by atoms with Gasteiger partial charge in [0.15, 0.2) is 0 Å². The molecule has 7 nitrogen and oxygen atoms in total. The molecule has 4 rings (SSSR count). The average molecular weight is 490 g/mol. The number of aryl methyl sites for hydroxylation is 1. The lowest BCUT2D eigenvalue weighted by molar-refractivity contribution is -0.119. The standard InChI is InChI=1S/C29H31NO6/c1-17-15-20(24-18(2)25(31)27(35-4)28(36-5)26(24)32)16-22(29(33)30-13-7-6-8-14-30)23(17)19-9-11-21(34-3)12-10-19/h9-12,15-16H,6-8,13-14H2,1-5H3. The van der Waals surface area contributed by atoms with E-state index in [1.807, 2.05) is 42.2 Å². The first kappa shape index (κ1) is 25.2. The Morgan fingerprint density at radius 1 is 0.778 bits per heavy atom. The predicted molar refractivity (Wildman–Crippen MR) is 137 cm³/mol. The number of carbonyl (C=O) groups excluding carboxylic acids is 3. The molecule has 1 saturated heterocycles. The van der Waals surface area contributed by atoms with Crippen molar-refractivity contribution in [3.8, 4) is 16.9 Å². The van der Waals surface area contributed by atoms with Gasteiger partial charge in [-0.1, -0.05) is 18.2 Å². The first-order chi connectivity index (χ1) is 17.3. The van der Waals surface area contributed by atoms with Crippen LogP contribution in [-0.2, 0) is 19.1 Å². The number of carbonyl (C=O) groups is 3. The molecule has 1 heterocycles. The maximum atomic E-state index is 13.8. The van der Waals surface area contributed by atoms with Crippen LogP contribution in [-0.4, -0.2) is 56.8 Å². The highest BCUT2D eigenvalue weighted by atomic mass is 16.5. The smallest absolute Gasteiger partial charge is 0.254 e. The van der Waals surface area contributed by atoms with Gasteiger partial charge in [0.1, 0.15) is 5.75 Å². The van der Waals surface area contributed by atoms with E-state index in [2.05, 4.69) is 0 Å². The molecular formula is C29H31NO6. The lowest BCUT2D eigenvalue weighted by atomic mass is 9.84. The van der Waals surface area contributed by atoms with Crippen LogP contribution in [0, 0.1) is 6.92 Å². The van der Waals surface area contributed by atoms with Crippen LogP contribution in [0.3, 0.4) is 0 Å². The Labute approximate surface area is 211 Å². The molecule has 7 heteroatoms. The van der Waals surface area contributed by atoms with E-state index in [0.717, 1.165) is 41.7 Å². The molecule has 0 spiro atoms. The second-order valence-corrected chi connectivity index (χ2v) is 9.02. The Balaban J connectivity index is 1.91. The predicted octanol–water partition coefficient (Wildman–Crippen LogP) is 4.73. The number of ether oxygens (including phenoxy) is 3. The van der Waals surface area contributed by atoms with Crippen molar-refractivity contribution < 1.29 is 28.6 Å². The zero-order chi connectivity index (χ0) is 26.0. The van der Waals surface area contributed by atoms with Gasteiger partial charge in [-0.25, -0.2) is 0 Å². The number of ketones is 2. The second-order valence-electron chi connectivity index (χ2n) is 9.02. The number of allylic oxidation sites excluding steroid dienone is 2. The lowest BCUT2D eigenvalue weighted by Gasteiger charge is -2.28. The van der Waals surface area contributed by atoms with Crippen LogP contribution < -0.4 is 4.74 Å². The van der Waals surface area contributed by atoms with Crippen LogP contribution in [0.25, 0.3) is 16.7 Å². The fourth-order valence-electron chi connectivity index (χ4n) is 5.00. The third kappa shape index (κ3) is 4.41. The quantitative estimate of drug-likeness (QED) is 0.546. The maximum absolute atomic E-state index is 13.8. The van der Waals surface area contributed by atoms with Crippen molar-refractivity contribution in [2.45, 2.75) is 33.1 Å². The van der Waals surface area contributed by atoms with Crippen LogP contribution in [0.4, 0.5) is 0 Å². The second kappa shape index (κ2) is 10.4. The lowest BCUT2D eigenvalue weighted by Crippen LogP contribution is -2.36. The van der Waals surface area contributed by atoms with Gasteiger partial charge in [0.05, 0.1) is 21.3 Å². The number of rotatable bonds is 6. The van der Waals surface area contributed by atoms with Gasteiger partial charge in [0.2, 0.25) is 23.1 Å². The molecule has 2 aromatic carbocycles. The molecule has 0 unspecified atom stereocenters. The molecule has 0 saturated carbocycles. The van der Waals surface area contributed by atoms with Gasteiger partial charge in [-0.2, -0.15) is 0 Å². The maximum Gasteiger partial charge on any atom is 0.254 e. The summed E-state index contributed by atoms with van der Waals surface area (Å²) >= 11 is 0. The van der Waals surface area contributed by atoms with E-state index < -0.39 is 11.6 Å². The Morgan fingerprint density at radius 3 is 1.97 bits per heavy atom. The number of nitrogens with zero attached hydrogens (tertiary/aromatic N) is 1. The highest BCUT2D eigenvalue weighted by molar-refractivity contribution is 6.38. The molecule has 0 radical (unpaired) electrons. The first-order valence-corrected chi connectivity index (χ1v) is 12.0. The number of likely N-dealkylation sites (tertiary alicyclic amines) is 1. The molecule has 2 aliphatic rings. The summed E-state index contributed by atoms with van der Waals surface area (Å²) in [5.41, 5.74) is 3.96. The van der Waals surface area contributed by atoms with E-state index in [4.69, 9.17) is 14.2 Å². The summed E-state index contributed by atoms with van der Waals surface area (Å²) in [6.45, 7) is 4.89. The summed E-state index contributed by atoms with van der Waals surface area (Å²) in [4.78, 5) is 42.1. The number of hydrogen-bond acceptors (Lipinski definition) is 6. The molecule has 0 N–H and O–H groups in total. The third-order valence-corrected chi connectivity index (χ3v) is 6.85. The molecule has 1 aliphatic carbocycles. The third-order valence-electron chi connectivity index (χ3n) is 6.85. The van der Waals surface area contributed by atoms with Gasteiger partial charge >= 0.3 is 0 Å². The minimum Gasteiger partial charge on any atom is -0.497 e. The van der Waals surface area contributed by atoms with Crippen LogP contribution in [0.1, 0.15) is 47.7 Å². The SMILES string of the molecule is COC1=C(OC)C(=O)C(c2cc(C)c(-c3ccc(OC)cc3)c(C(=O)N3CCCCC3)c2)=C(C)C1=O. The van der Waals surface area contributed by atoms with Crippen molar-refractivity contribution in [2.24, 2.45) is 0 Å². The minimum atomic E-state index is -0.445. The fourth-order valence-corrected chi connectivity index (χ4v) is 5.00.